The van der Waals surface area contributed by atoms with Crippen molar-refractivity contribution in [2.75, 3.05) is 0 Å². The van der Waals surface area contributed by atoms with E-state index >= 15 is 0 Å². The Kier molecular flexibility index (Phi) is 24.1. The number of carbonyl (C=O) groups excluding carboxylic acids is 1. The number of hydrogen-bond acceptors (Lipinski definition) is 2. The summed E-state index contributed by atoms with van der Waals surface area (Å²) in [6, 6.07) is 1.93. The van der Waals surface area contributed by atoms with Crippen molar-refractivity contribution >= 4 is 4.68 Å². The second kappa shape index (κ2) is 16.9. The fourth-order valence-electron chi connectivity index (χ4n) is 0. The number of nitrogens with zero attached hydrogens (tertiary/aromatic N) is 1. The Labute approximate surface area is 54.4 Å². The Bertz CT molecular complexity index is 66.6. The third-order valence-corrected chi connectivity index (χ3v) is 0.158. The summed E-state index contributed by atoms with van der Waals surface area (Å²) in [4.78, 5) is 8.84. The molecule has 2 nitrogen and oxygen atoms in total. The van der Waals surface area contributed by atoms with Crippen LogP contribution >= 0.6 is 0 Å². The van der Waals surface area contributed by atoms with E-state index in [1.54, 1.807) is 0 Å². The van der Waals surface area contributed by atoms with Gasteiger partial charge in [-0.15, -0.1) is 0 Å². The van der Waals surface area contributed by atoms with Crippen molar-refractivity contribution in [3.63, 3.8) is 0 Å². The average Bonchev–Trinajstić information content (AvgIpc) is 1.69. The van der Waals surface area contributed by atoms with Crippen LogP contribution in [0.5, 0.6) is 0 Å². The summed E-state index contributed by atoms with van der Waals surface area (Å²) in [6.07, 6.45) is 0.625. The molecular formula is C4H6NOW. The first-order chi connectivity index (χ1) is 3.33. The molecule has 0 saturated carbocycles. The average molecular weight is 268 g/mol. The zero-order chi connectivity index (χ0) is 6.12. The molecule has 0 fully saturated rings. The fraction of sp³-hybridized carbons (Fsp3) is 0.500. The summed E-state index contributed by atoms with van der Waals surface area (Å²) in [5.74, 6) is 0. The van der Waals surface area contributed by atoms with Gasteiger partial charge in [-0.3, -0.25) is 0 Å². The van der Waals surface area contributed by atoms with Crippen LogP contribution in [0.4, 0.5) is 0 Å². The van der Waals surface area contributed by atoms with Crippen molar-refractivity contribution in [3.05, 3.63) is 0 Å². The molecule has 0 radical (unpaired) electrons. The van der Waals surface area contributed by atoms with E-state index in [0.29, 0.717) is 6.42 Å². The predicted molar refractivity (Wildman–Crippen MR) is 22.7 cm³/mol. The minimum absolute atomic E-state index is 0.625. The topological polar surface area (TPSA) is 40.9 Å². The Morgan fingerprint density at radius 2 is 2.14 bits per heavy atom. The van der Waals surface area contributed by atoms with Gasteiger partial charge in [-0.25, -0.2) is 0 Å². The van der Waals surface area contributed by atoms with Crippen LogP contribution in [0.3, 0.4) is 0 Å². The fourth-order valence-corrected chi connectivity index (χ4v) is 0. The molecule has 39 valence electrons. The van der Waals surface area contributed by atoms with Crippen molar-refractivity contribution < 1.29 is 24.6 Å². The first-order valence-electron chi connectivity index (χ1n) is 1.76. The van der Waals surface area contributed by atoms with E-state index in [1.807, 2.05) is 13.0 Å². The molecule has 0 heterocycles. The molecule has 0 spiro atoms. The predicted octanol–water partition coefficient (Wildman–Crippen LogP) is 0.643. The van der Waals surface area contributed by atoms with E-state index in [9.17, 15) is 0 Å². The first-order valence-corrected chi connectivity index (χ1v) is 3.45. The number of hydrogen-bond donors (Lipinski definition) is 0. The van der Waals surface area contributed by atoms with Gasteiger partial charge >= 0.3 is 29.3 Å². The van der Waals surface area contributed by atoms with Crippen molar-refractivity contribution in [2.24, 2.45) is 0 Å². The summed E-state index contributed by atoms with van der Waals surface area (Å²) in [6.45, 7) is 1.82. The van der Waals surface area contributed by atoms with E-state index in [4.69, 9.17) is 10.1 Å². The molecule has 0 aromatic carbocycles. The molecule has 7 heavy (non-hydrogen) atoms. The Hall–Kier alpha value is -0.152. The van der Waals surface area contributed by atoms with Crippen molar-refractivity contribution in [2.45, 2.75) is 13.3 Å². The van der Waals surface area contributed by atoms with Crippen LogP contribution in [0.15, 0.2) is 0 Å². The van der Waals surface area contributed by atoms with Crippen LogP contribution in [-0.2, 0) is 24.6 Å². The molecule has 0 aromatic heterocycles. The van der Waals surface area contributed by atoms with Gasteiger partial charge in [0.15, 0.2) is 0 Å². The molecule has 0 saturated heterocycles. The van der Waals surface area contributed by atoms with Gasteiger partial charge in [-0.2, -0.15) is 5.26 Å². The van der Waals surface area contributed by atoms with E-state index in [1.165, 1.54) is 0 Å². The molecule has 0 aliphatic heterocycles. The Morgan fingerprint density at radius 1 is 2.00 bits per heavy atom. The molecule has 0 N–H and O–H groups in total. The molecule has 0 bridgehead atoms. The van der Waals surface area contributed by atoms with E-state index in [2.05, 4.69) is 0 Å². The van der Waals surface area contributed by atoms with Gasteiger partial charge in [0.1, 0.15) is 0 Å². The van der Waals surface area contributed by atoms with E-state index in [0.717, 1.165) is 24.5 Å². The molecule has 0 aliphatic rings. The summed E-state index contributed by atoms with van der Waals surface area (Å²) in [5.41, 5.74) is 0. The zero-order valence-electron chi connectivity index (χ0n) is 4.05. The number of rotatable bonds is 0. The quantitative estimate of drug-likeness (QED) is 0.605. The van der Waals surface area contributed by atoms with Gasteiger partial charge in [0.2, 0.25) is 0 Å². The summed E-state index contributed by atoms with van der Waals surface area (Å²) in [7, 11) is 0. The van der Waals surface area contributed by atoms with E-state index < -0.39 is 0 Å². The normalized spacial score (nSPS) is 4.57. The molecule has 0 rings (SSSR count). The van der Waals surface area contributed by atoms with Gasteiger partial charge in [-0.1, -0.05) is 6.92 Å². The van der Waals surface area contributed by atoms with Crippen LogP contribution in [0.2, 0.25) is 0 Å². The molecule has 0 aliphatic carbocycles. The second-order valence-corrected chi connectivity index (χ2v) is 1.30. The molecule has 0 unspecified atom stereocenters. The molecule has 0 atom stereocenters. The van der Waals surface area contributed by atoms with Crippen molar-refractivity contribution in [1.82, 2.24) is 0 Å². The van der Waals surface area contributed by atoms with Gasteiger partial charge in [0.25, 0.3) is 0 Å². The molecule has 0 amide bonds. The zero-order valence-corrected chi connectivity index (χ0v) is 6.98. The van der Waals surface area contributed by atoms with Crippen LogP contribution in [0.25, 0.3) is 0 Å². The van der Waals surface area contributed by atoms with Gasteiger partial charge < -0.3 is 0 Å². The molecule has 0 aromatic rings. The van der Waals surface area contributed by atoms with Gasteiger partial charge in [0.05, 0.1) is 6.07 Å². The summed E-state index contributed by atoms with van der Waals surface area (Å²) < 4.78 is 0.833. The maximum absolute atomic E-state index is 8.84. The SMILES string of the molecule is CCC#N.O=[CH][W]. The molecule has 3 heteroatoms. The van der Waals surface area contributed by atoms with Crippen LogP contribution in [0.1, 0.15) is 13.3 Å². The maximum atomic E-state index is 8.84. The second-order valence-electron chi connectivity index (χ2n) is 0.608. The Morgan fingerprint density at radius 3 is 2.14 bits per heavy atom. The third kappa shape index (κ3) is 120. The van der Waals surface area contributed by atoms with Gasteiger partial charge in [-0.05, 0) is 0 Å². The van der Waals surface area contributed by atoms with E-state index in [-0.39, 0.29) is 0 Å². The standard InChI is InChI=1S/C3H5N.CHO.W/c1-2-3-4;1-2;/h2H2,1H3;1H;. The van der Waals surface area contributed by atoms with Crippen molar-refractivity contribution in [1.29, 1.82) is 5.26 Å². The van der Waals surface area contributed by atoms with Crippen LogP contribution in [0, 0.1) is 11.3 Å². The number of nitriles is 1. The monoisotopic (exact) mass is 268 g/mol. The van der Waals surface area contributed by atoms with Crippen LogP contribution in [-0.4, -0.2) is 4.68 Å². The first kappa shape index (κ1) is 9.96. The minimum atomic E-state index is 0.625. The summed E-state index contributed by atoms with van der Waals surface area (Å²) in [5, 5.41) is 7.62. The molecular weight excluding hydrogens is 262 g/mol. The number of carbonyl (C=O) groups is 1. The summed E-state index contributed by atoms with van der Waals surface area (Å²) >= 11 is 0.991. The Balaban J connectivity index is 0. The van der Waals surface area contributed by atoms with Gasteiger partial charge in [0, 0.05) is 6.42 Å². The van der Waals surface area contributed by atoms with Crippen molar-refractivity contribution in [3.8, 4) is 6.07 Å². The third-order valence-electron chi connectivity index (χ3n) is 0.158. The van der Waals surface area contributed by atoms with Crippen LogP contribution < -0.4 is 0 Å².